The summed E-state index contributed by atoms with van der Waals surface area (Å²) in [6, 6.07) is 0. The number of nitrogens with one attached hydrogen (secondary N) is 2. The van der Waals surface area contributed by atoms with Crippen LogP contribution in [-0.2, 0) is 9.47 Å². The second-order valence-electron chi connectivity index (χ2n) is 4.45. The minimum absolute atomic E-state index is 0.285. The Hall–Kier alpha value is -1.47. The summed E-state index contributed by atoms with van der Waals surface area (Å²) in [4.78, 5) is 4.34. The van der Waals surface area contributed by atoms with Crippen LogP contribution in [0.3, 0.4) is 0 Å². The van der Waals surface area contributed by atoms with Crippen molar-refractivity contribution in [3.63, 3.8) is 0 Å². The van der Waals surface area contributed by atoms with Crippen molar-refractivity contribution in [2.75, 3.05) is 44.0 Å². The van der Waals surface area contributed by atoms with Gasteiger partial charge in [0.2, 0.25) is 5.95 Å². The lowest BCUT2D eigenvalue weighted by molar-refractivity contribution is 0.120. The molecular weight excluding hydrogens is 246 g/mol. The Morgan fingerprint density at radius 1 is 1.47 bits per heavy atom. The van der Waals surface area contributed by atoms with Crippen LogP contribution < -0.4 is 10.6 Å². The fraction of sp³-hybridized carbons (Fsp3) is 0.750. The van der Waals surface area contributed by atoms with Crippen molar-refractivity contribution in [3.05, 3.63) is 6.20 Å². The van der Waals surface area contributed by atoms with Gasteiger partial charge in [0.25, 0.3) is 0 Å². The number of hydrogen-bond acceptors (Lipinski definition) is 7. The number of methoxy groups -OCH3 is 1. The summed E-state index contributed by atoms with van der Waals surface area (Å²) in [6.07, 6.45) is 5.06. The van der Waals surface area contributed by atoms with E-state index in [4.69, 9.17) is 9.47 Å². The maximum atomic E-state index is 5.54. The summed E-state index contributed by atoms with van der Waals surface area (Å²) in [7, 11) is 1.69. The zero-order chi connectivity index (χ0) is 13.3. The molecule has 106 valence electrons. The quantitative estimate of drug-likeness (QED) is 0.677. The first-order chi connectivity index (χ1) is 9.38. The molecule has 2 N–H and O–H groups in total. The van der Waals surface area contributed by atoms with Crippen molar-refractivity contribution < 1.29 is 9.47 Å². The van der Waals surface area contributed by atoms with Crippen LogP contribution in [0.1, 0.15) is 19.3 Å². The number of rotatable bonds is 8. The summed E-state index contributed by atoms with van der Waals surface area (Å²) >= 11 is 0. The first-order valence-electron chi connectivity index (χ1n) is 6.66. The molecule has 1 atom stereocenters. The van der Waals surface area contributed by atoms with Gasteiger partial charge in [-0.05, 0) is 19.3 Å². The zero-order valence-corrected chi connectivity index (χ0v) is 11.3. The van der Waals surface area contributed by atoms with E-state index in [-0.39, 0.29) is 6.10 Å². The molecule has 0 amide bonds. The van der Waals surface area contributed by atoms with Gasteiger partial charge in [-0.1, -0.05) is 0 Å². The van der Waals surface area contributed by atoms with Crippen molar-refractivity contribution >= 4 is 11.8 Å². The molecule has 2 rings (SSSR count). The molecule has 19 heavy (non-hydrogen) atoms. The van der Waals surface area contributed by atoms with Gasteiger partial charge in [0.15, 0.2) is 5.82 Å². The zero-order valence-electron chi connectivity index (χ0n) is 11.3. The van der Waals surface area contributed by atoms with Crippen LogP contribution in [0.2, 0.25) is 0 Å². The lowest BCUT2D eigenvalue weighted by atomic mass is 10.2. The van der Waals surface area contributed by atoms with Gasteiger partial charge in [-0.15, -0.1) is 5.10 Å². The van der Waals surface area contributed by atoms with Gasteiger partial charge in [0, 0.05) is 33.4 Å². The number of anilines is 2. The van der Waals surface area contributed by atoms with E-state index in [0.29, 0.717) is 5.95 Å². The van der Waals surface area contributed by atoms with Gasteiger partial charge in [0.1, 0.15) is 0 Å². The molecule has 1 unspecified atom stereocenters. The predicted molar refractivity (Wildman–Crippen MR) is 72.3 cm³/mol. The molecule has 1 aliphatic heterocycles. The standard InChI is InChI=1S/C12H21N5O2/c1-18-6-3-5-13-12-16-11(9-15-17-12)14-8-10-4-2-7-19-10/h9-10H,2-8H2,1H3,(H2,13,14,16,17). The third kappa shape index (κ3) is 4.96. The maximum absolute atomic E-state index is 5.54. The molecule has 0 spiro atoms. The fourth-order valence-electron chi connectivity index (χ4n) is 1.90. The van der Waals surface area contributed by atoms with Crippen molar-refractivity contribution in [1.82, 2.24) is 15.2 Å². The second-order valence-corrected chi connectivity index (χ2v) is 4.45. The third-order valence-electron chi connectivity index (χ3n) is 2.90. The second kappa shape index (κ2) is 7.85. The highest BCUT2D eigenvalue weighted by atomic mass is 16.5. The van der Waals surface area contributed by atoms with Crippen LogP contribution in [0.25, 0.3) is 0 Å². The molecule has 0 radical (unpaired) electrons. The van der Waals surface area contributed by atoms with Gasteiger partial charge < -0.3 is 20.1 Å². The Bertz CT molecular complexity index is 371. The van der Waals surface area contributed by atoms with Crippen LogP contribution in [0.15, 0.2) is 6.20 Å². The van der Waals surface area contributed by atoms with Crippen LogP contribution in [0, 0.1) is 0 Å². The van der Waals surface area contributed by atoms with Gasteiger partial charge in [0.05, 0.1) is 12.3 Å². The lowest BCUT2D eigenvalue weighted by Crippen LogP contribution is -2.19. The molecule has 1 fully saturated rings. The molecule has 0 aliphatic carbocycles. The Morgan fingerprint density at radius 3 is 3.21 bits per heavy atom. The molecule has 0 saturated carbocycles. The first kappa shape index (κ1) is 14.0. The molecule has 0 bridgehead atoms. The molecular formula is C12H21N5O2. The van der Waals surface area contributed by atoms with E-state index >= 15 is 0 Å². The molecule has 1 aliphatic rings. The number of hydrogen-bond donors (Lipinski definition) is 2. The Labute approximate surface area is 113 Å². The monoisotopic (exact) mass is 267 g/mol. The van der Waals surface area contributed by atoms with Gasteiger partial charge in [-0.2, -0.15) is 10.1 Å². The Morgan fingerprint density at radius 2 is 2.42 bits per heavy atom. The maximum Gasteiger partial charge on any atom is 0.244 e. The lowest BCUT2D eigenvalue weighted by Gasteiger charge is -2.11. The number of nitrogens with zero attached hydrogens (tertiary/aromatic N) is 3. The molecule has 7 nitrogen and oxygen atoms in total. The average molecular weight is 267 g/mol. The molecule has 0 aromatic carbocycles. The largest absolute Gasteiger partial charge is 0.385 e. The van der Waals surface area contributed by atoms with E-state index in [9.17, 15) is 0 Å². The van der Waals surface area contributed by atoms with Crippen LogP contribution in [0.5, 0.6) is 0 Å². The minimum atomic E-state index is 0.285. The molecule has 1 aromatic heterocycles. The third-order valence-corrected chi connectivity index (χ3v) is 2.90. The molecule has 1 aromatic rings. The number of aromatic nitrogens is 3. The minimum Gasteiger partial charge on any atom is -0.385 e. The molecule has 2 heterocycles. The predicted octanol–water partition coefficient (Wildman–Crippen LogP) is 0.911. The van der Waals surface area contributed by atoms with E-state index in [1.165, 1.54) is 0 Å². The van der Waals surface area contributed by atoms with Gasteiger partial charge >= 0.3 is 0 Å². The summed E-state index contributed by atoms with van der Waals surface area (Å²) in [6.45, 7) is 3.12. The molecule has 7 heteroatoms. The van der Waals surface area contributed by atoms with E-state index in [2.05, 4.69) is 25.8 Å². The SMILES string of the molecule is COCCCNc1nncc(NCC2CCCO2)n1. The number of ether oxygens (including phenoxy) is 2. The summed E-state index contributed by atoms with van der Waals surface area (Å²) in [5.41, 5.74) is 0. The Balaban J connectivity index is 1.74. The fourth-order valence-corrected chi connectivity index (χ4v) is 1.90. The first-order valence-corrected chi connectivity index (χ1v) is 6.66. The van der Waals surface area contributed by atoms with E-state index in [1.807, 2.05) is 0 Å². The summed E-state index contributed by atoms with van der Waals surface area (Å²) in [5.74, 6) is 1.26. The van der Waals surface area contributed by atoms with Crippen molar-refractivity contribution in [1.29, 1.82) is 0 Å². The topological polar surface area (TPSA) is 81.2 Å². The van der Waals surface area contributed by atoms with E-state index < -0.39 is 0 Å². The highest BCUT2D eigenvalue weighted by molar-refractivity contribution is 5.36. The Kier molecular flexibility index (Phi) is 5.77. The van der Waals surface area contributed by atoms with E-state index in [1.54, 1.807) is 13.3 Å². The van der Waals surface area contributed by atoms with Crippen LogP contribution in [-0.4, -0.2) is 54.7 Å². The van der Waals surface area contributed by atoms with Crippen molar-refractivity contribution in [2.24, 2.45) is 0 Å². The van der Waals surface area contributed by atoms with Crippen LogP contribution >= 0.6 is 0 Å². The summed E-state index contributed by atoms with van der Waals surface area (Å²) in [5, 5.41) is 14.2. The normalized spacial score (nSPS) is 18.5. The van der Waals surface area contributed by atoms with Gasteiger partial charge in [-0.25, -0.2) is 0 Å². The highest BCUT2D eigenvalue weighted by Crippen LogP contribution is 2.12. The van der Waals surface area contributed by atoms with Crippen LogP contribution in [0.4, 0.5) is 11.8 Å². The smallest absolute Gasteiger partial charge is 0.244 e. The average Bonchev–Trinajstić information content (AvgIpc) is 2.95. The van der Waals surface area contributed by atoms with Crippen molar-refractivity contribution in [2.45, 2.75) is 25.4 Å². The highest BCUT2D eigenvalue weighted by Gasteiger charge is 2.15. The van der Waals surface area contributed by atoms with Gasteiger partial charge in [-0.3, -0.25) is 0 Å². The van der Waals surface area contributed by atoms with E-state index in [0.717, 1.165) is 51.4 Å². The van der Waals surface area contributed by atoms with Crippen molar-refractivity contribution in [3.8, 4) is 0 Å². The molecule has 1 saturated heterocycles. The summed E-state index contributed by atoms with van der Waals surface area (Å²) < 4.78 is 10.5.